The number of amides is 3. The van der Waals surface area contributed by atoms with Crippen LogP contribution < -0.4 is 10.2 Å². The van der Waals surface area contributed by atoms with Gasteiger partial charge in [0.25, 0.3) is 0 Å². The van der Waals surface area contributed by atoms with Crippen LogP contribution in [0.15, 0.2) is 18.2 Å². The van der Waals surface area contributed by atoms with Crippen molar-refractivity contribution in [3.63, 3.8) is 0 Å². The summed E-state index contributed by atoms with van der Waals surface area (Å²) in [5, 5.41) is 2.47. The van der Waals surface area contributed by atoms with E-state index in [0.717, 1.165) is 70.3 Å². The van der Waals surface area contributed by atoms with Gasteiger partial charge in [-0.1, -0.05) is 25.5 Å². The number of piperidine rings is 2. The molecule has 3 heterocycles. The zero-order chi connectivity index (χ0) is 22.5. The maximum absolute atomic E-state index is 12.3. The highest BCUT2D eigenvalue weighted by molar-refractivity contribution is 6.01. The Balaban J connectivity index is 1.33. The number of nitrogens with zero attached hydrogens (tertiary/aromatic N) is 2. The van der Waals surface area contributed by atoms with Gasteiger partial charge >= 0.3 is 6.09 Å². The summed E-state index contributed by atoms with van der Waals surface area (Å²) < 4.78 is 5.36. The van der Waals surface area contributed by atoms with Gasteiger partial charge in [-0.15, -0.1) is 0 Å². The minimum Gasteiger partial charge on any atom is -0.449 e. The molecule has 3 aliphatic rings. The lowest BCUT2D eigenvalue weighted by atomic mass is 9.87. The summed E-state index contributed by atoms with van der Waals surface area (Å²) in [5.41, 5.74) is 3.59. The number of aryl methyl sites for hydroxylation is 1. The molecule has 1 aromatic rings. The Bertz CT molecular complexity index is 848. The maximum Gasteiger partial charge on any atom is 0.409 e. The predicted molar refractivity (Wildman–Crippen MR) is 123 cm³/mol. The first-order chi connectivity index (χ1) is 15.5. The van der Waals surface area contributed by atoms with Gasteiger partial charge in [0.05, 0.1) is 12.5 Å². The van der Waals surface area contributed by atoms with Crippen molar-refractivity contribution in [2.45, 2.75) is 64.2 Å². The molecule has 0 aromatic heterocycles. The lowest BCUT2D eigenvalue weighted by molar-refractivity contribution is -0.134. The average molecular weight is 442 g/mol. The van der Waals surface area contributed by atoms with Crippen LogP contribution in [0.5, 0.6) is 0 Å². The van der Waals surface area contributed by atoms with Crippen molar-refractivity contribution in [1.29, 1.82) is 0 Å². The van der Waals surface area contributed by atoms with Gasteiger partial charge in [-0.25, -0.2) is 4.79 Å². The fourth-order valence-corrected chi connectivity index (χ4v) is 5.12. The topological polar surface area (TPSA) is 79.0 Å². The number of fused-ring (bicyclic) bond motifs is 1. The third-order valence-electron chi connectivity index (χ3n) is 7.03. The number of benzene rings is 1. The van der Waals surface area contributed by atoms with Crippen molar-refractivity contribution in [1.82, 2.24) is 10.2 Å². The molecule has 0 bridgehead atoms. The van der Waals surface area contributed by atoms with Crippen LogP contribution in [0.25, 0.3) is 0 Å². The first kappa shape index (κ1) is 22.6. The Hall–Kier alpha value is -2.57. The van der Waals surface area contributed by atoms with Gasteiger partial charge in [-0.3, -0.25) is 14.9 Å². The molecule has 0 aliphatic carbocycles. The van der Waals surface area contributed by atoms with Gasteiger partial charge in [-0.2, -0.15) is 0 Å². The summed E-state index contributed by atoms with van der Waals surface area (Å²) in [6.07, 6.45) is 6.91. The van der Waals surface area contributed by atoms with Crippen LogP contribution in [0, 0.1) is 5.92 Å². The minimum absolute atomic E-state index is 0.166. The van der Waals surface area contributed by atoms with E-state index in [9.17, 15) is 14.4 Å². The molecule has 2 saturated heterocycles. The number of ether oxygens (including phenoxy) is 1. The zero-order valence-electron chi connectivity index (χ0n) is 19.1. The van der Waals surface area contributed by atoms with E-state index < -0.39 is 0 Å². The second-order valence-corrected chi connectivity index (χ2v) is 9.34. The van der Waals surface area contributed by atoms with E-state index in [1.54, 1.807) is 0 Å². The molecule has 1 aromatic carbocycles. The Morgan fingerprint density at radius 1 is 1.12 bits per heavy atom. The first-order valence-electron chi connectivity index (χ1n) is 12.2. The molecule has 4 rings (SSSR count). The molecule has 0 radical (unpaired) electrons. The summed E-state index contributed by atoms with van der Waals surface area (Å²) in [5.74, 6) is -0.00487. The fraction of sp³-hybridized carbons (Fsp3) is 0.640. The summed E-state index contributed by atoms with van der Waals surface area (Å²) >= 11 is 0. The standard InChI is InChI=1S/C25H35N3O4/c1-2-3-15-32-25(31)27-13-10-18(11-14-27)17-28-12-4-5-20-16-19(6-8-22(20)28)21-7-9-23(29)26-24(21)30/h6,8,16,18,21H,2-5,7,9-15,17H2,1H3,(H,26,29,30). The number of likely N-dealkylation sites (tertiary alicyclic amines) is 1. The molecule has 7 nitrogen and oxygen atoms in total. The smallest absolute Gasteiger partial charge is 0.409 e. The third kappa shape index (κ3) is 5.25. The summed E-state index contributed by atoms with van der Waals surface area (Å²) in [7, 11) is 0. The van der Waals surface area contributed by atoms with Gasteiger partial charge in [-0.05, 0) is 61.6 Å². The van der Waals surface area contributed by atoms with Crippen LogP contribution in [0.1, 0.15) is 68.9 Å². The average Bonchev–Trinajstić information content (AvgIpc) is 2.79. The number of carbonyl (C=O) groups is 3. The Labute approximate surface area is 190 Å². The first-order valence-corrected chi connectivity index (χ1v) is 12.2. The fourth-order valence-electron chi connectivity index (χ4n) is 5.12. The Kier molecular flexibility index (Phi) is 7.33. The lowest BCUT2D eigenvalue weighted by Crippen LogP contribution is -2.43. The molecule has 1 atom stereocenters. The van der Waals surface area contributed by atoms with Gasteiger partial charge in [0.15, 0.2) is 0 Å². The third-order valence-corrected chi connectivity index (χ3v) is 7.03. The quantitative estimate of drug-likeness (QED) is 0.539. The van der Waals surface area contributed by atoms with Crippen LogP contribution in [0.3, 0.4) is 0 Å². The summed E-state index contributed by atoms with van der Waals surface area (Å²) in [4.78, 5) is 40.2. The number of hydrogen-bond donors (Lipinski definition) is 1. The normalized spacial score (nSPS) is 21.8. The molecular formula is C25H35N3O4. The van der Waals surface area contributed by atoms with E-state index in [4.69, 9.17) is 4.74 Å². The highest BCUT2D eigenvalue weighted by Crippen LogP contribution is 2.34. The molecule has 0 spiro atoms. The molecule has 3 aliphatic heterocycles. The van der Waals surface area contributed by atoms with Crippen LogP contribution >= 0.6 is 0 Å². The monoisotopic (exact) mass is 441 g/mol. The van der Waals surface area contributed by atoms with Gasteiger partial charge in [0, 0.05) is 38.3 Å². The van der Waals surface area contributed by atoms with E-state index in [-0.39, 0.29) is 23.8 Å². The van der Waals surface area contributed by atoms with Crippen molar-refractivity contribution >= 4 is 23.6 Å². The van der Waals surface area contributed by atoms with Crippen molar-refractivity contribution in [3.05, 3.63) is 29.3 Å². The second kappa shape index (κ2) is 10.4. The number of carbonyl (C=O) groups excluding carboxylic acids is 3. The number of unbranched alkanes of at least 4 members (excludes halogenated alkanes) is 1. The van der Waals surface area contributed by atoms with Crippen LogP contribution in [0.2, 0.25) is 0 Å². The van der Waals surface area contributed by atoms with Crippen molar-refractivity contribution in [2.24, 2.45) is 5.92 Å². The molecule has 1 N–H and O–H groups in total. The van der Waals surface area contributed by atoms with E-state index in [0.29, 0.717) is 25.4 Å². The maximum atomic E-state index is 12.3. The highest BCUT2D eigenvalue weighted by atomic mass is 16.6. The van der Waals surface area contributed by atoms with E-state index >= 15 is 0 Å². The van der Waals surface area contributed by atoms with Crippen molar-refractivity contribution in [3.8, 4) is 0 Å². The SMILES string of the molecule is CCCCOC(=O)N1CCC(CN2CCCc3cc(C4CCC(=O)NC4=O)ccc32)CC1. The van der Waals surface area contributed by atoms with Crippen LogP contribution in [0.4, 0.5) is 10.5 Å². The van der Waals surface area contributed by atoms with E-state index in [1.807, 2.05) is 4.90 Å². The second-order valence-electron chi connectivity index (χ2n) is 9.34. The van der Waals surface area contributed by atoms with Crippen molar-refractivity contribution in [2.75, 3.05) is 37.7 Å². The molecule has 32 heavy (non-hydrogen) atoms. The van der Waals surface area contributed by atoms with Gasteiger partial charge < -0.3 is 14.5 Å². The van der Waals surface area contributed by atoms with Crippen molar-refractivity contribution < 1.29 is 19.1 Å². The molecule has 2 fully saturated rings. The number of rotatable bonds is 6. The number of anilines is 1. The van der Waals surface area contributed by atoms with Gasteiger partial charge in [0.2, 0.25) is 11.8 Å². The van der Waals surface area contributed by atoms with E-state index in [2.05, 4.69) is 35.3 Å². The van der Waals surface area contributed by atoms with E-state index in [1.165, 1.54) is 11.3 Å². The molecular weight excluding hydrogens is 406 g/mol. The molecule has 174 valence electrons. The zero-order valence-corrected chi connectivity index (χ0v) is 19.1. The minimum atomic E-state index is -0.227. The molecule has 1 unspecified atom stereocenters. The number of hydrogen-bond acceptors (Lipinski definition) is 5. The molecule has 3 amide bonds. The Morgan fingerprint density at radius 2 is 1.94 bits per heavy atom. The Morgan fingerprint density at radius 3 is 2.69 bits per heavy atom. The number of imide groups is 1. The molecule has 0 saturated carbocycles. The lowest BCUT2D eigenvalue weighted by Gasteiger charge is -2.38. The molecule has 7 heteroatoms. The van der Waals surface area contributed by atoms with Gasteiger partial charge in [0.1, 0.15) is 0 Å². The van der Waals surface area contributed by atoms with Crippen LogP contribution in [-0.4, -0.2) is 55.6 Å². The highest BCUT2D eigenvalue weighted by Gasteiger charge is 2.30. The number of nitrogens with one attached hydrogen (secondary N) is 1. The largest absolute Gasteiger partial charge is 0.449 e. The summed E-state index contributed by atoms with van der Waals surface area (Å²) in [6.45, 7) is 6.19. The predicted octanol–water partition coefficient (Wildman–Crippen LogP) is 3.61. The van der Waals surface area contributed by atoms with Crippen LogP contribution in [-0.2, 0) is 20.7 Å². The summed E-state index contributed by atoms with van der Waals surface area (Å²) in [6, 6.07) is 6.40.